The van der Waals surface area contributed by atoms with Gasteiger partial charge >= 0.3 is 12.1 Å². The summed E-state index contributed by atoms with van der Waals surface area (Å²) < 4.78 is 12.9. The fraction of sp³-hybridized carbons (Fsp3) is 0.524. The summed E-state index contributed by atoms with van der Waals surface area (Å²) in [5.41, 5.74) is 0.830. The SMILES string of the molecule is CCC(C)[C@H](NCc1c(Br)c2ccccc2n1C(=O)OC(C)(C)C)C(=O)OC. The molecule has 1 aromatic carbocycles. The fourth-order valence-corrected chi connectivity index (χ4v) is 3.66. The van der Waals surface area contributed by atoms with Gasteiger partial charge in [-0.3, -0.25) is 10.1 Å². The standard InChI is InChI=1S/C21H29BrN2O4/c1-7-13(2)18(19(25)27-6)23-12-16-17(22)14-10-8-9-11-15(14)24(16)20(26)28-21(3,4)5/h8-11,13,18,23H,7,12H2,1-6H3/t13?,18-/m0/s1. The zero-order valence-corrected chi connectivity index (χ0v) is 18.9. The summed E-state index contributed by atoms with van der Waals surface area (Å²) in [5, 5.41) is 4.17. The van der Waals surface area contributed by atoms with E-state index in [4.69, 9.17) is 9.47 Å². The molecule has 28 heavy (non-hydrogen) atoms. The zero-order valence-electron chi connectivity index (χ0n) is 17.3. The number of carbonyl (C=O) groups is 2. The van der Waals surface area contributed by atoms with Gasteiger partial charge in [0.15, 0.2) is 0 Å². The second-order valence-corrected chi connectivity index (χ2v) is 8.65. The van der Waals surface area contributed by atoms with Crippen molar-refractivity contribution in [2.75, 3.05) is 7.11 Å². The molecule has 0 fully saturated rings. The number of fused-ring (bicyclic) bond motifs is 1. The predicted molar refractivity (Wildman–Crippen MR) is 113 cm³/mol. The Balaban J connectivity index is 2.45. The van der Waals surface area contributed by atoms with Gasteiger partial charge < -0.3 is 9.47 Å². The number of rotatable bonds is 6. The van der Waals surface area contributed by atoms with E-state index in [1.165, 1.54) is 7.11 Å². The van der Waals surface area contributed by atoms with Crippen LogP contribution >= 0.6 is 15.9 Å². The Morgan fingerprint density at radius 2 is 1.89 bits per heavy atom. The summed E-state index contributed by atoms with van der Waals surface area (Å²) in [6.45, 7) is 9.82. The molecule has 0 saturated heterocycles. The van der Waals surface area contributed by atoms with Crippen molar-refractivity contribution in [3.8, 4) is 0 Å². The summed E-state index contributed by atoms with van der Waals surface area (Å²) >= 11 is 3.62. The van der Waals surface area contributed by atoms with E-state index < -0.39 is 17.7 Å². The molecule has 0 radical (unpaired) electrons. The van der Waals surface area contributed by atoms with Crippen molar-refractivity contribution in [1.29, 1.82) is 0 Å². The first-order valence-electron chi connectivity index (χ1n) is 9.43. The first kappa shape index (κ1) is 22.4. The monoisotopic (exact) mass is 452 g/mol. The van der Waals surface area contributed by atoms with Gasteiger partial charge in [-0.05, 0) is 48.7 Å². The van der Waals surface area contributed by atoms with Crippen LogP contribution in [0.4, 0.5) is 4.79 Å². The normalized spacial score (nSPS) is 14.0. The van der Waals surface area contributed by atoms with E-state index >= 15 is 0 Å². The number of carbonyl (C=O) groups excluding carboxylic acids is 2. The van der Waals surface area contributed by atoms with Crippen molar-refractivity contribution < 1.29 is 19.1 Å². The number of hydrogen-bond acceptors (Lipinski definition) is 5. The lowest BCUT2D eigenvalue weighted by atomic mass is 9.99. The van der Waals surface area contributed by atoms with E-state index in [-0.39, 0.29) is 11.9 Å². The molecule has 1 heterocycles. The minimum Gasteiger partial charge on any atom is -0.468 e. The Labute approximate surface area is 174 Å². The molecule has 0 amide bonds. The van der Waals surface area contributed by atoms with Gasteiger partial charge in [-0.15, -0.1) is 0 Å². The quantitative estimate of drug-likeness (QED) is 0.633. The van der Waals surface area contributed by atoms with Crippen LogP contribution in [-0.4, -0.2) is 35.4 Å². The Bertz CT molecular complexity index is 854. The maximum atomic E-state index is 12.9. The van der Waals surface area contributed by atoms with Crippen LogP contribution in [0.15, 0.2) is 28.7 Å². The number of aromatic nitrogens is 1. The molecule has 0 bridgehead atoms. The molecular formula is C21H29BrN2O4. The molecular weight excluding hydrogens is 424 g/mol. The fourth-order valence-electron chi connectivity index (χ4n) is 3.01. The van der Waals surface area contributed by atoms with Crippen LogP contribution in [0, 0.1) is 5.92 Å². The second-order valence-electron chi connectivity index (χ2n) is 7.86. The number of ether oxygens (including phenoxy) is 2. The lowest BCUT2D eigenvalue weighted by Gasteiger charge is -2.23. The molecule has 2 atom stereocenters. The Morgan fingerprint density at radius 1 is 1.25 bits per heavy atom. The van der Waals surface area contributed by atoms with Crippen molar-refractivity contribution in [2.24, 2.45) is 5.92 Å². The smallest absolute Gasteiger partial charge is 0.419 e. The highest BCUT2D eigenvalue weighted by Crippen LogP contribution is 2.32. The van der Waals surface area contributed by atoms with Crippen LogP contribution in [0.2, 0.25) is 0 Å². The van der Waals surface area contributed by atoms with Crippen molar-refractivity contribution in [1.82, 2.24) is 9.88 Å². The molecule has 2 aromatic rings. The maximum absolute atomic E-state index is 12.9. The lowest BCUT2D eigenvalue weighted by Crippen LogP contribution is -2.42. The molecule has 154 valence electrons. The number of hydrogen-bond donors (Lipinski definition) is 1. The van der Waals surface area contributed by atoms with Gasteiger partial charge in [0.05, 0.1) is 18.3 Å². The number of methoxy groups -OCH3 is 1. The van der Waals surface area contributed by atoms with Crippen molar-refractivity contribution in [3.05, 3.63) is 34.4 Å². The van der Waals surface area contributed by atoms with Crippen molar-refractivity contribution in [2.45, 2.75) is 59.2 Å². The molecule has 1 N–H and O–H groups in total. The highest BCUT2D eigenvalue weighted by molar-refractivity contribution is 9.10. The molecule has 1 unspecified atom stereocenters. The summed E-state index contributed by atoms with van der Waals surface area (Å²) in [5.74, 6) is -0.226. The highest BCUT2D eigenvalue weighted by Gasteiger charge is 2.28. The zero-order chi connectivity index (χ0) is 21.1. The third-order valence-corrected chi connectivity index (χ3v) is 5.52. The first-order valence-corrected chi connectivity index (χ1v) is 10.2. The van der Waals surface area contributed by atoms with Gasteiger partial charge in [0.25, 0.3) is 0 Å². The number of nitrogens with one attached hydrogen (secondary N) is 1. The van der Waals surface area contributed by atoms with Crippen LogP contribution in [0.3, 0.4) is 0 Å². The van der Waals surface area contributed by atoms with Crippen LogP contribution < -0.4 is 5.32 Å². The Hall–Kier alpha value is -1.86. The average Bonchev–Trinajstić information content (AvgIpc) is 2.92. The number of nitrogens with zero attached hydrogens (tertiary/aromatic N) is 1. The molecule has 0 aliphatic rings. The van der Waals surface area contributed by atoms with Gasteiger partial charge in [-0.2, -0.15) is 0 Å². The lowest BCUT2D eigenvalue weighted by molar-refractivity contribution is -0.144. The molecule has 6 nitrogen and oxygen atoms in total. The first-order chi connectivity index (χ1) is 13.1. The minimum absolute atomic E-state index is 0.0885. The van der Waals surface area contributed by atoms with E-state index in [9.17, 15) is 9.59 Å². The highest BCUT2D eigenvalue weighted by atomic mass is 79.9. The topological polar surface area (TPSA) is 69.6 Å². The molecule has 2 rings (SSSR count). The minimum atomic E-state index is -0.620. The largest absolute Gasteiger partial charge is 0.468 e. The Kier molecular flexibility index (Phi) is 7.28. The van der Waals surface area contributed by atoms with Gasteiger partial charge in [-0.25, -0.2) is 9.36 Å². The van der Waals surface area contributed by atoms with Gasteiger partial charge in [0.2, 0.25) is 0 Å². The van der Waals surface area contributed by atoms with Gasteiger partial charge in [-0.1, -0.05) is 38.5 Å². The predicted octanol–water partition coefficient (Wildman–Crippen LogP) is 4.86. The van der Waals surface area contributed by atoms with Gasteiger partial charge in [0, 0.05) is 16.4 Å². The third-order valence-electron chi connectivity index (χ3n) is 4.64. The van der Waals surface area contributed by atoms with E-state index in [1.54, 1.807) is 4.57 Å². The number of para-hydroxylation sites is 1. The summed E-state index contributed by atoms with van der Waals surface area (Å²) in [6.07, 6.45) is 0.368. The summed E-state index contributed by atoms with van der Waals surface area (Å²) in [6, 6.07) is 7.14. The molecule has 0 saturated carbocycles. The van der Waals surface area contributed by atoms with Crippen molar-refractivity contribution >= 4 is 38.9 Å². The molecule has 7 heteroatoms. The molecule has 0 spiro atoms. The third kappa shape index (κ3) is 4.94. The summed E-state index contributed by atoms with van der Waals surface area (Å²) in [4.78, 5) is 25.1. The van der Waals surface area contributed by atoms with Crippen molar-refractivity contribution in [3.63, 3.8) is 0 Å². The number of benzene rings is 1. The molecule has 1 aromatic heterocycles. The second kappa shape index (κ2) is 9.09. The van der Waals surface area contributed by atoms with E-state index in [2.05, 4.69) is 21.2 Å². The average molecular weight is 453 g/mol. The van der Waals surface area contributed by atoms with Crippen LogP contribution in [0.5, 0.6) is 0 Å². The van der Waals surface area contributed by atoms with Crippen LogP contribution in [-0.2, 0) is 20.8 Å². The molecule has 0 aliphatic carbocycles. The maximum Gasteiger partial charge on any atom is 0.419 e. The van der Waals surface area contributed by atoms with Gasteiger partial charge in [0.1, 0.15) is 11.6 Å². The number of esters is 1. The number of halogens is 1. The molecule has 0 aliphatic heterocycles. The van der Waals surface area contributed by atoms with E-state index in [0.29, 0.717) is 12.2 Å². The van der Waals surface area contributed by atoms with Crippen LogP contribution in [0.25, 0.3) is 10.9 Å². The Morgan fingerprint density at radius 3 is 2.46 bits per heavy atom. The summed E-state index contributed by atoms with van der Waals surface area (Å²) in [7, 11) is 1.38. The van der Waals surface area contributed by atoms with E-state index in [1.807, 2.05) is 58.9 Å². The van der Waals surface area contributed by atoms with E-state index in [0.717, 1.165) is 21.8 Å². The van der Waals surface area contributed by atoms with Crippen LogP contribution in [0.1, 0.15) is 46.7 Å².